The van der Waals surface area contributed by atoms with Crippen LogP contribution in [0.2, 0.25) is 0 Å². The molecule has 0 saturated heterocycles. The number of nitrogens with zero attached hydrogens (tertiary/aromatic N) is 2. The molecule has 0 saturated carbocycles. The lowest BCUT2D eigenvalue weighted by Crippen LogP contribution is -2.49. The number of nitrogens with one attached hydrogen (secondary N) is 1. The van der Waals surface area contributed by atoms with Gasteiger partial charge in [0.25, 0.3) is 0 Å². The van der Waals surface area contributed by atoms with Crippen LogP contribution in [0.3, 0.4) is 0 Å². The minimum absolute atomic E-state index is 0.0164. The normalized spacial score (nSPS) is 26.4. The number of anilines is 1. The highest BCUT2D eigenvalue weighted by atomic mass is 16.6. The minimum Gasteiger partial charge on any atom is -0.450 e. The van der Waals surface area contributed by atoms with E-state index in [1.807, 2.05) is 6.07 Å². The Morgan fingerprint density at radius 1 is 1.28 bits per heavy atom. The van der Waals surface area contributed by atoms with Crippen molar-refractivity contribution in [2.45, 2.75) is 24.9 Å². The molecular weight excluding hydrogens is 320 g/mol. The first-order valence-corrected chi connectivity index (χ1v) is 7.80. The van der Waals surface area contributed by atoms with Gasteiger partial charge in [-0.2, -0.15) is 5.26 Å². The van der Waals surface area contributed by atoms with Gasteiger partial charge in [0.2, 0.25) is 5.91 Å². The van der Waals surface area contributed by atoms with Crippen LogP contribution in [0, 0.1) is 11.3 Å². The lowest BCUT2D eigenvalue weighted by Gasteiger charge is -2.34. The third-order valence-corrected chi connectivity index (χ3v) is 5.09. The molecule has 3 aliphatic heterocycles. The Morgan fingerprint density at radius 2 is 1.96 bits per heavy atom. The molecule has 0 fully saturated rings. The molecule has 25 heavy (non-hydrogen) atoms. The standard InChI is InChI=1S/C18H16N4O3/c1-17(2)13-12(15(23)25-17)18(10(8-19)14(20)21-13)9-6-4-5-7-11(9)22(3)16(18)24/h4-7,21H,20H2,1-3H3. The maximum absolute atomic E-state index is 13.4. The number of likely N-dealkylation sites (N-methyl/N-ethyl adjacent to an activating group) is 1. The second-order valence-corrected chi connectivity index (χ2v) is 6.81. The number of carbonyl (C=O) groups excluding carboxylic acids is 2. The van der Waals surface area contributed by atoms with E-state index in [0.29, 0.717) is 16.9 Å². The van der Waals surface area contributed by atoms with Crippen molar-refractivity contribution in [3.8, 4) is 6.07 Å². The van der Waals surface area contributed by atoms with Crippen LogP contribution in [-0.2, 0) is 19.7 Å². The second kappa shape index (κ2) is 4.42. The van der Waals surface area contributed by atoms with Crippen molar-refractivity contribution >= 4 is 17.6 Å². The summed E-state index contributed by atoms with van der Waals surface area (Å²) >= 11 is 0. The number of rotatable bonds is 0. The summed E-state index contributed by atoms with van der Waals surface area (Å²) in [5.41, 5.74) is 5.34. The summed E-state index contributed by atoms with van der Waals surface area (Å²) in [6.45, 7) is 3.43. The van der Waals surface area contributed by atoms with E-state index in [4.69, 9.17) is 10.5 Å². The molecule has 126 valence electrons. The third kappa shape index (κ3) is 1.54. The third-order valence-electron chi connectivity index (χ3n) is 5.09. The first-order chi connectivity index (χ1) is 11.8. The molecule has 0 bridgehead atoms. The van der Waals surface area contributed by atoms with Crippen molar-refractivity contribution in [3.63, 3.8) is 0 Å². The largest absolute Gasteiger partial charge is 0.450 e. The number of hydrogen-bond donors (Lipinski definition) is 2. The van der Waals surface area contributed by atoms with Gasteiger partial charge in [-0.15, -0.1) is 0 Å². The summed E-state index contributed by atoms with van der Waals surface area (Å²) in [5.74, 6) is -0.950. The fraction of sp³-hybridized carbons (Fsp3) is 0.278. The molecule has 0 radical (unpaired) electrons. The van der Waals surface area contributed by atoms with E-state index >= 15 is 0 Å². The summed E-state index contributed by atoms with van der Waals surface area (Å²) in [4.78, 5) is 27.6. The zero-order valence-electron chi connectivity index (χ0n) is 14.0. The molecule has 3 N–H and O–H groups in total. The molecule has 0 aliphatic carbocycles. The molecule has 0 aromatic heterocycles. The smallest absolute Gasteiger partial charge is 0.338 e. The van der Waals surface area contributed by atoms with Crippen LogP contribution in [0.15, 0.2) is 46.9 Å². The summed E-state index contributed by atoms with van der Waals surface area (Å²) < 4.78 is 5.48. The lowest BCUT2D eigenvalue weighted by molar-refractivity contribution is -0.145. The topological polar surface area (TPSA) is 108 Å². The maximum atomic E-state index is 13.4. The van der Waals surface area contributed by atoms with Crippen molar-refractivity contribution in [3.05, 3.63) is 52.5 Å². The minimum atomic E-state index is -1.57. The van der Waals surface area contributed by atoms with Gasteiger partial charge in [0.05, 0.1) is 16.8 Å². The van der Waals surface area contributed by atoms with Crippen LogP contribution >= 0.6 is 0 Å². The van der Waals surface area contributed by atoms with E-state index in [2.05, 4.69) is 5.32 Å². The fourth-order valence-corrected chi connectivity index (χ4v) is 4.00. The van der Waals surface area contributed by atoms with Crippen molar-refractivity contribution in [2.75, 3.05) is 11.9 Å². The van der Waals surface area contributed by atoms with Crippen molar-refractivity contribution in [1.29, 1.82) is 5.26 Å². The summed E-state index contributed by atoms with van der Waals surface area (Å²) in [5, 5.41) is 12.7. The van der Waals surface area contributed by atoms with E-state index in [-0.39, 0.29) is 17.0 Å². The monoisotopic (exact) mass is 336 g/mol. The van der Waals surface area contributed by atoms with Crippen LogP contribution < -0.4 is 16.0 Å². The molecule has 1 unspecified atom stereocenters. The van der Waals surface area contributed by atoms with Crippen LogP contribution in [-0.4, -0.2) is 24.5 Å². The lowest BCUT2D eigenvalue weighted by atomic mass is 9.67. The number of amides is 1. The van der Waals surface area contributed by atoms with E-state index < -0.39 is 22.9 Å². The fourth-order valence-electron chi connectivity index (χ4n) is 4.00. The Hall–Kier alpha value is -3.27. The number of carbonyl (C=O) groups is 2. The molecule has 1 atom stereocenters. The molecule has 3 heterocycles. The van der Waals surface area contributed by atoms with Gasteiger partial charge in [0.1, 0.15) is 22.9 Å². The number of esters is 1. The summed E-state index contributed by atoms with van der Waals surface area (Å²) in [6, 6.07) is 9.14. The average molecular weight is 336 g/mol. The molecule has 4 rings (SSSR count). The number of nitrogens with two attached hydrogens (primary N) is 1. The highest BCUT2D eigenvalue weighted by molar-refractivity contribution is 6.19. The molecule has 7 nitrogen and oxygen atoms in total. The number of para-hydroxylation sites is 1. The highest BCUT2D eigenvalue weighted by Gasteiger charge is 2.64. The first-order valence-electron chi connectivity index (χ1n) is 7.80. The second-order valence-electron chi connectivity index (χ2n) is 6.81. The molecule has 1 spiro atoms. The first kappa shape index (κ1) is 15.3. The number of nitriles is 1. The van der Waals surface area contributed by atoms with E-state index in [0.717, 1.165) is 0 Å². The highest BCUT2D eigenvalue weighted by Crippen LogP contribution is 2.55. The number of benzene rings is 1. The van der Waals surface area contributed by atoms with Gasteiger partial charge >= 0.3 is 5.97 Å². The molecule has 1 aromatic carbocycles. The number of ether oxygens (including phenoxy) is 1. The van der Waals surface area contributed by atoms with Gasteiger partial charge in [-0.3, -0.25) is 4.79 Å². The van der Waals surface area contributed by atoms with Gasteiger partial charge in [-0.1, -0.05) is 18.2 Å². The zero-order chi connectivity index (χ0) is 18.1. The van der Waals surface area contributed by atoms with Crippen LogP contribution in [0.1, 0.15) is 19.4 Å². The molecule has 1 amide bonds. The van der Waals surface area contributed by atoms with Gasteiger partial charge in [0, 0.05) is 18.3 Å². The molecule has 1 aromatic rings. The number of fused-ring (bicyclic) bond motifs is 3. The Morgan fingerprint density at radius 3 is 2.64 bits per heavy atom. The summed E-state index contributed by atoms with van der Waals surface area (Å²) in [6.07, 6.45) is 0. The predicted octanol–water partition coefficient (Wildman–Crippen LogP) is 0.787. The van der Waals surface area contributed by atoms with Crippen molar-refractivity contribution < 1.29 is 14.3 Å². The van der Waals surface area contributed by atoms with Crippen LogP contribution in [0.4, 0.5) is 5.69 Å². The van der Waals surface area contributed by atoms with Crippen LogP contribution in [0.5, 0.6) is 0 Å². The van der Waals surface area contributed by atoms with Gasteiger partial charge in [-0.05, 0) is 19.9 Å². The van der Waals surface area contributed by atoms with E-state index in [1.54, 1.807) is 45.2 Å². The Bertz CT molecular complexity index is 967. The van der Waals surface area contributed by atoms with Crippen molar-refractivity contribution in [1.82, 2.24) is 5.32 Å². The Kier molecular flexibility index (Phi) is 2.70. The number of hydrogen-bond acceptors (Lipinski definition) is 6. The molecular formula is C18H16N4O3. The quantitative estimate of drug-likeness (QED) is 0.678. The van der Waals surface area contributed by atoms with Gasteiger partial charge in [0.15, 0.2) is 0 Å². The predicted molar refractivity (Wildman–Crippen MR) is 88.7 cm³/mol. The SMILES string of the molecule is CN1C(=O)C2(C(C#N)=C(N)NC3=C2C(=O)OC3(C)C)c2ccccc21. The molecule has 3 aliphatic rings. The van der Waals surface area contributed by atoms with Gasteiger partial charge in [-0.25, -0.2) is 4.79 Å². The number of dihydropyridines is 1. The van der Waals surface area contributed by atoms with Crippen LogP contribution in [0.25, 0.3) is 0 Å². The average Bonchev–Trinajstić information content (AvgIpc) is 2.92. The van der Waals surface area contributed by atoms with E-state index in [9.17, 15) is 14.9 Å². The summed E-state index contributed by atoms with van der Waals surface area (Å²) in [7, 11) is 1.62. The molecule has 7 heteroatoms. The number of cyclic esters (lactones) is 1. The zero-order valence-corrected chi connectivity index (χ0v) is 14.0. The van der Waals surface area contributed by atoms with Crippen molar-refractivity contribution in [2.24, 2.45) is 5.73 Å². The Balaban J connectivity index is 2.17. The van der Waals surface area contributed by atoms with Gasteiger partial charge < -0.3 is 20.7 Å². The van der Waals surface area contributed by atoms with E-state index in [1.165, 1.54) is 4.90 Å². The Labute approximate surface area is 144 Å². The maximum Gasteiger partial charge on any atom is 0.338 e.